The number of hydrogen-bond acceptors (Lipinski definition) is 7. The molecule has 0 aliphatic heterocycles. The molecule has 9 heteroatoms. The quantitative estimate of drug-likeness (QED) is 0.312. The summed E-state index contributed by atoms with van der Waals surface area (Å²) in [5.41, 5.74) is -0.385. The number of nitro groups is 1. The zero-order chi connectivity index (χ0) is 19.9. The second-order valence-corrected chi connectivity index (χ2v) is 6.69. The maximum Gasteiger partial charge on any atom is 0.341 e. The highest BCUT2D eigenvalue weighted by atomic mass is 16.6. The van der Waals surface area contributed by atoms with Crippen LogP contribution >= 0.6 is 0 Å². The summed E-state index contributed by atoms with van der Waals surface area (Å²) in [6.07, 6.45) is -1.05. The lowest BCUT2D eigenvalue weighted by molar-refractivity contribution is -0.384. The molecule has 0 radical (unpaired) electrons. The summed E-state index contributed by atoms with van der Waals surface area (Å²) in [6, 6.07) is 3.82. The molecule has 0 spiro atoms. The van der Waals surface area contributed by atoms with Crippen LogP contribution in [0, 0.1) is 10.1 Å². The number of methoxy groups -OCH3 is 1. The lowest BCUT2D eigenvalue weighted by atomic mass is 10.1. The summed E-state index contributed by atoms with van der Waals surface area (Å²) in [5, 5.41) is 16.6. The Bertz CT molecular complexity index is 669. The number of non-ortho nitro benzene ring substituents is 1. The fourth-order valence-corrected chi connectivity index (χ4v) is 2.01. The normalized spacial score (nSPS) is 12.2. The highest BCUT2D eigenvalue weighted by molar-refractivity contribution is 5.98. The Morgan fingerprint density at radius 2 is 1.96 bits per heavy atom. The molecule has 0 aromatic heterocycles. The monoisotopic (exact) mass is 367 g/mol. The first-order chi connectivity index (χ1) is 12.0. The van der Waals surface area contributed by atoms with Gasteiger partial charge in [-0.2, -0.15) is 0 Å². The van der Waals surface area contributed by atoms with Gasteiger partial charge in [0.1, 0.15) is 0 Å². The molecular weight excluding hydrogens is 342 g/mol. The van der Waals surface area contributed by atoms with Gasteiger partial charge >= 0.3 is 5.97 Å². The zero-order valence-corrected chi connectivity index (χ0v) is 15.6. The van der Waals surface area contributed by atoms with E-state index >= 15 is 0 Å². The molecule has 1 amide bonds. The van der Waals surface area contributed by atoms with Crippen LogP contribution in [-0.4, -0.2) is 48.7 Å². The number of carbonyl (C=O) groups excluding carboxylic acids is 2. The van der Waals surface area contributed by atoms with Gasteiger partial charge in [0, 0.05) is 37.0 Å². The number of benzene rings is 1. The van der Waals surface area contributed by atoms with Crippen molar-refractivity contribution < 1.29 is 24.0 Å². The first-order valence-corrected chi connectivity index (χ1v) is 8.09. The van der Waals surface area contributed by atoms with E-state index in [-0.39, 0.29) is 11.3 Å². The van der Waals surface area contributed by atoms with E-state index in [1.54, 1.807) is 20.8 Å². The van der Waals surface area contributed by atoms with Crippen LogP contribution < -0.4 is 10.6 Å². The predicted octanol–water partition coefficient (Wildman–Crippen LogP) is 2.11. The van der Waals surface area contributed by atoms with Gasteiger partial charge in [0.2, 0.25) is 0 Å². The third-order valence-corrected chi connectivity index (χ3v) is 3.21. The Kier molecular flexibility index (Phi) is 7.51. The maximum absolute atomic E-state index is 12.5. The number of nitrogens with one attached hydrogen (secondary N) is 2. The summed E-state index contributed by atoms with van der Waals surface area (Å²) in [6.45, 7) is 7.63. The fraction of sp³-hybridized carbons (Fsp3) is 0.529. The van der Waals surface area contributed by atoms with E-state index in [0.717, 1.165) is 6.07 Å². The minimum atomic E-state index is -1.05. The van der Waals surface area contributed by atoms with E-state index in [4.69, 9.17) is 9.47 Å². The molecule has 0 aliphatic rings. The van der Waals surface area contributed by atoms with Gasteiger partial charge in [0.25, 0.3) is 11.6 Å². The molecule has 26 heavy (non-hydrogen) atoms. The summed E-state index contributed by atoms with van der Waals surface area (Å²) >= 11 is 0. The highest BCUT2D eigenvalue weighted by Crippen LogP contribution is 2.23. The van der Waals surface area contributed by atoms with Crippen molar-refractivity contribution in [2.24, 2.45) is 0 Å². The molecule has 9 nitrogen and oxygen atoms in total. The summed E-state index contributed by atoms with van der Waals surface area (Å²) in [7, 11) is 1.53. The SMILES string of the molecule is COCCNc1ccc([N+](=O)[O-])cc1C(=O)O[C@@H](C)C(=O)NC(C)(C)C. The Balaban J connectivity index is 2.98. The maximum atomic E-state index is 12.5. The zero-order valence-electron chi connectivity index (χ0n) is 15.6. The van der Waals surface area contributed by atoms with Gasteiger partial charge in [-0.15, -0.1) is 0 Å². The van der Waals surface area contributed by atoms with Crippen molar-refractivity contribution in [3.05, 3.63) is 33.9 Å². The molecule has 0 unspecified atom stereocenters. The van der Waals surface area contributed by atoms with Crippen LogP contribution in [0.1, 0.15) is 38.1 Å². The number of rotatable bonds is 8. The van der Waals surface area contributed by atoms with Crippen LogP contribution in [0.3, 0.4) is 0 Å². The standard InChI is InChI=1S/C17H25N3O6/c1-11(15(21)19-17(2,3)4)26-16(22)13-10-12(20(23)24)6-7-14(13)18-8-9-25-5/h6-7,10-11,18H,8-9H2,1-5H3,(H,19,21)/t11-/m0/s1. The van der Waals surface area contributed by atoms with Crippen molar-refractivity contribution in [3.8, 4) is 0 Å². The molecule has 1 atom stereocenters. The van der Waals surface area contributed by atoms with E-state index in [0.29, 0.717) is 18.8 Å². The number of esters is 1. The molecule has 0 heterocycles. The van der Waals surface area contributed by atoms with Crippen LogP contribution in [-0.2, 0) is 14.3 Å². The topological polar surface area (TPSA) is 120 Å². The molecule has 0 bridgehead atoms. The number of carbonyl (C=O) groups is 2. The van der Waals surface area contributed by atoms with Crippen molar-refractivity contribution in [3.63, 3.8) is 0 Å². The molecule has 1 aromatic carbocycles. The molecule has 0 saturated heterocycles. The average Bonchev–Trinajstić information content (AvgIpc) is 2.53. The van der Waals surface area contributed by atoms with Gasteiger partial charge in [0.15, 0.2) is 6.10 Å². The van der Waals surface area contributed by atoms with Crippen molar-refractivity contribution in [2.45, 2.75) is 39.3 Å². The van der Waals surface area contributed by atoms with E-state index in [1.165, 1.54) is 26.2 Å². The van der Waals surface area contributed by atoms with Crippen LogP contribution in [0.5, 0.6) is 0 Å². The molecule has 0 fully saturated rings. The number of hydrogen-bond donors (Lipinski definition) is 2. The minimum Gasteiger partial charge on any atom is -0.449 e. The Morgan fingerprint density at radius 1 is 1.31 bits per heavy atom. The highest BCUT2D eigenvalue weighted by Gasteiger charge is 2.25. The Labute approximate surface area is 152 Å². The van der Waals surface area contributed by atoms with Gasteiger partial charge in [0.05, 0.1) is 17.1 Å². The summed E-state index contributed by atoms with van der Waals surface area (Å²) in [4.78, 5) is 34.9. The second kappa shape index (κ2) is 9.14. The van der Waals surface area contributed by atoms with Gasteiger partial charge < -0.3 is 20.1 Å². The van der Waals surface area contributed by atoms with E-state index in [1.807, 2.05) is 0 Å². The van der Waals surface area contributed by atoms with Crippen molar-refractivity contribution in [1.82, 2.24) is 5.32 Å². The first kappa shape index (κ1) is 21.4. The number of ether oxygens (including phenoxy) is 2. The molecule has 1 rings (SSSR count). The Morgan fingerprint density at radius 3 is 2.50 bits per heavy atom. The lowest BCUT2D eigenvalue weighted by Gasteiger charge is -2.23. The number of anilines is 1. The summed E-state index contributed by atoms with van der Waals surface area (Å²) < 4.78 is 10.1. The average molecular weight is 367 g/mol. The van der Waals surface area contributed by atoms with Crippen LogP contribution in [0.15, 0.2) is 18.2 Å². The van der Waals surface area contributed by atoms with Gasteiger partial charge in [-0.1, -0.05) is 0 Å². The van der Waals surface area contributed by atoms with E-state index in [2.05, 4.69) is 10.6 Å². The van der Waals surface area contributed by atoms with Crippen molar-refractivity contribution >= 4 is 23.3 Å². The second-order valence-electron chi connectivity index (χ2n) is 6.69. The van der Waals surface area contributed by atoms with Gasteiger partial charge in [-0.05, 0) is 33.8 Å². The van der Waals surface area contributed by atoms with Crippen molar-refractivity contribution in [1.29, 1.82) is 0 Å². The largest absolute Gasteiger partial charge is 0.449 e. The van der Waals surface area contributed by atoms with Crippen molar-refractivity contribution in [2.75, 3.05) is 25.6 Å². The van der Waals surface area contributed by atoms with E-state index in [9.17, 15) is 19.7 Å². The number of amides is 1. The first-order valence-electron chi connectivity index (χ1n) is 8.09. The third kappa shape index (κ3) is 6.67. The predicted molar refractivity (Wildman–Crippen MR) is 96.2 cm³/mol. The van der Waals surface area contributed by atoms with E-state index < -0.39 is 28.4 Å². The molecular formula is C17H25N3O6. The smallest absolute Gasteiger partial charge is 0.341 e. The van der Waals surface area contributed by atoms with Crippen LogP contribution in [0.25, 0.3) is 0 Å². The number of nitro benzene ring substituents is 1. The molecule has 1 aromatic rings. The lowest BCUT2D eigenvalue weighted by Crippen LogP contribution is -2.46. The summed E-state index contributed by atoms with van der Waals surface area (Å²) in [5.74, 6) is -1.28. The van der Waals surface area contributed by atoms with Gasteiger partial charge in [-0.25, -0.2) is 4.79 Å². The minimum absolute atomic E-state index is 0.0225. The molecule has 2 N–H and O–H groups in total. The van der Waals surface area contributed by atoms with Gasteiger partial charge in [-0.3, -0.25) is 14.9 Å². The third-order valence-electron chi connectivity index (χ3n) is 3.21. The molecule has 0 saturated carbocycles. The number of nitrogens with zero attached hydrogens (tertiary/aromatic N) is 1. The Hall–Kier alpha value is -2.68. The van der Waals surface area contributed by atoms with Crippen LogP contribution in [0.2, 0.25) is 0 Å². The van der Waals surface area contributed by atoms with Crippen LogP contribution in [0.4, 0.5) is 11.4 Å². The molecule has 0 aliphatic carbocycles. The fourth-order valence-electron chi connectivity index (χ4n) is 2.01. The molecule has 144 valence electrons.